The third kappa shape index (κ3) is 3.67. The fraction of sp³-hybridized carbons (Fsp3) is 0.231. The molecule has 106 valence electrons. The molecule has 0 radical (unpaired) electrons. The summed E-state index contributed by atoms with van der Waals surface area (Å²) in [5.74, 6) is 0.0562. The lowest BCUT2D eigenvalue weighted by molar-refractivity contribution is 0.601. The minimum Gasteiger partial charge on any atom is -0.385 e. The minimum absolute atomic E-state index is 0.0562. The van der Waals surface area contributed by atoms with Gasteiger partial charge in [-0.25, -0.2) is 23.1 Å². The van der Waals surface area contributed by atoms with Gasteiger partial charge in [0.2, 0.25) is 5.95 Å². The van der Waals surface area contributed by atoms with Gasteiger partial charge in [-0.05, 0) is 36.8 Å². The molecule has 2 N–H and O–H groups in total. The molecule has 0 unspecified atom stereocenters. The molecule has 0 spiro atoms. The largest absolute Gasteiger partial charge is 0.385 e. The van der Waals surface area contributed by atoms with E-state index in [1.165, 1.54) is 12.4 Å². The minimum atomic E-state index is -3.65. The Labute approximate surface area is 118 Å². The molecule has 0 aliphatic carbocycles. The predicted molar refractivity (Wildman–Crippen MR) is 78.1 cm³/mol. The lowest BCUT2D eigenvalue weighted by Gasteiger charge is -2.08. The number of sulfonamides is 1. The molecule has 7 heteroatoms. The molecule has 0 amide bonds. The van der Waals surface area contributed by atoms with Crippen LogP contribution < -0.4 is 10.0 Å². The van der Waals surface area contributed by atoms with Crippen molar-refractivity contribution < 1.29 is 8.42 Å². The van der Waals surface area contributed by atoms with Crippen LogP contribution in [0.25, 0.3) is 0 Å². The van der Waals surface area contributed by atoms with Crippen LogP contribution >= 0.6 is 0 Å². The van der Waals surface area contributed by atoms with E-state index in [1.807, 2.05) is 0 Å². The summed E-state index contributed by atoms with van der Waals surface area (Å²) >= 11 is 0. The zero-order chi connectivity index (χ0) is 14.4. The summed E-state index contributed by atoms with van der Waals surface area (Å²) in [5, 5.41) is 3.18. The molecule has 20 heavy (non-hydrogen) atoms. The number of anilines is 2. The number of benzene rings is 1. The Kier molecular flexibility index (Phi) is 4.52. The number of aromatic nitrogens is 2. The maximum atomic E-state index is 12.1. The van der Waals surface area contributed by atoms with Gasteiger partial charge in [0, 0.05) is 24.6 Å². The van der Waals surface area contributed by atoms with Crippen molar-refractivity contribution in [2.45, 2.75) is 18.2 Å². The quantitative estimate of drug-likeness (QED) is 0.851. The summed E-state index contributed by atoms with van der Waals surface area (Å²) in [5.41, 5.74) is 0.891. The van der Waals surface area contributed by atoms with Gasteiger partial charge in [-0.1, -0.05) is 6.92 Å². The third-order valence-electron chi connectivity index (χ3n) is 2.54. The Morgan fingerprint density at radius 2 is 1.75 bits per heavy atom. The van der Waals surface area contributed by atoms with Gasteiger partial charge in [-0.2, -0.15) is 0 Å². The number of nitrogens with zero attached hydrogens (tertiary/aromatic N) is 2. The molecule has 1 aromatic heterocycles. The summed E-state index contributed by atoms with van der Waals surface area (Å²) in [4.78, 5) is 7.84. The van der Waals surface area contributed by atoms with Crippen molar-refractivity contribution in [2.24, 2.45) is 0 Å². The molecule has 0 saturated heterocycles. The van der Waals surface area contributed by atoms with Gasteiger partial charge in [0.15, 0.2) is 0 Å². The van der Waals surface area contributed by atoms with Gasteiger partial charge in [0.25, 0.3) is 10.0 Å². The first-order valence-electron chi connectivity index (χ1n) is 6.25. The van der Waals surface area contributed by atoms with Crippen LogP contribution in [0.1, 0.15) is 13.3 Å². The standard InChI is InChI=1S/C13H16N4O2S/c1-2-8-14-11-4-6-12(7-5-11)20(18,19)17-13-15-9-3-10-16-13/h3-7,9-10,14H,2,8H2,1H3,(H,15,16,17). The van der Waals surface area contributed by atoms with Crippen LogP contribution in [-0.2, 0) is 10.0 Å². The van der Waals surface area contributed by atoms with Crippen molar-refractivity contribution in [1.82, 2.24) is 9.97 Å². The van der Waals surface area contributed by atoms with Crippen LogP contribution in [0.2, 0.25) is 0 Å². The summed E-state index contributed by atoms with van der Waals surface area (Å²) < 4.78 is 26.6. The first kappa shape index (κ1) is 14.3. The van der Waals surface area contributed by atoms with Crippen LogP contribution in [0.5, 0.6) is 0 Å². The maximum absolute atomic E-state index is 12.1. The normalized spacial score (nSPS) is 11.1. The SMILES string of the molecule is CCCNc1ccc(S(=O)(=O)Nc2ncccn2)cc1. The van der Waals surface area contributed by atoms with Crippen molar-refractivity contribution in [3.63, 3.8) is 0 Å². The molecule has 1 aromatic carbocycles. The van der Waals surface area contributed by atoms with E-state index >= 15 is 0 Å². The molecule has 0 aliphatic rings. The number of nitrogens with one attached hydrogen (secondary N) is 2. The Morgan fingerprint density at radius 1 is 1.10 bits per heavy atom. The van der Waals surface area contributed by atoms with Gasteiger partial charge in [-0.3, -0.25) is 0 Å². The molecular weight excluding hydrogens is 276 g/mol. The molecule has 0 atom stereocenters. The van der Waals surface area contributed by atoms with Gasteiger partial charge in [0.05, 0.1) is 4.90 Å². The van der Waals surface area contributed by atoms with E-state index in [0.29, 0.717) is 0 Å². The Balaban J connectivity index is 2.13. The fourth-order valence-electron chi connectivity index (χ4n) is 1.55. The van der Waals surface area contributed by atoms with E-state index in [-0.39, 0.29) is 10.8 Å². The third-order valence-corrected chi connectivity index (χ3v) is 3.88. The van der Waals surface area contributed by atoms with Crippen molar-refractivity contribution in [2.75, 3.05) is 16.6 Å². The highest BCUT2D eigenvalue weighted by Gasteiger charge is 2.14. The summed E-state index contributed by atoms with van der Waals surface area (Å²) in [7, 11) is -3.65. The van der Waals surface area contributed by atoms with E-state index in [0.717, 1.165) is 18.7 Å². The maximum Gasteiger partial charge on any atom is 0.264 e. The van der Waals surface area contributed by atoms with E-state index in [2.05, 4.69) is 26.9 Å². The molecule has 2 aromatic rings. The van der Waals surface area contributed by atoms with Crippen LogP contribution in [0.15, 0.2) is 47.6 Å². The highest BCUT2D eigenvalue weighted by Crippen LogP contribution is 2.16. The fourth-order valence-corrected chi connectivity index (χ4v) is 2.51. The molecule has 0 fully saturated rings. The molecule has 2 rings (SSSR count). The van der Waals surface area contributed by atoms with Crippen molar-refractivity contribution >= 4 is 21.7 Å². The van der Waals surface area contributed by atoms with E-state index in [9.17, 15) is 8.42 Å². The average Bonchev–Trinajstić information content (AvgIpc) is 2.46. The topological polar surface area (TPSA) is 84.0 Å². The highest BCUT2D eigenvalue weighted by atomic mass is 32.2. The van der Waals surface area contributed by atoms with Crippen LogP contribution in [-0.4, -0.2) is 24.9 Å². The molecule has 0 saturated carbocycles. The monoisotopic (exact) mass is 292 g/mol. The zero-order valence-corrected chi connectivity index (χ0v) is 11.9. The molecule has 0 bridgehead atoms. The van der Waals surface area contributed by atoms with Crippen molar-refractivity contribution in [3.8, 4) is 0 Å². The van der Waals surface area contributed by atoms with E-state index in [1.54, 1.807) is 30.3 Å². The highest BCUT2D eigenvalue weighted by molar-refractivity contribution is 7.92. The molecule has 1 heterocycles. The van der Waals surface area contributed by atoms with Crippen LogP contribution in [0, 0.1) is 0 Å². The Bertz CT molecular complexity index is 642. The first-order valence-corrected chi connectivity index (χ1v) is 7.74. The van der Waals surface area contributed by atoms with Crippen LogP contribution in [0.3, 0.4) is 0 Å². The summed E-state index contributed by atoms with van der Waals surface area (Å²) in [6.45, 7) is 2.91. The van der Waals surface area contributed by atoms with E-state index in [4.69, 9.17) is 0 Å². The zero-order valence-electron chi connectivity index (χ0n) is 11.1. The number of hydrogen-bond acceptors (Lipinski definition) is 5. The summed E-state index contributed by atoms with van der Waals surface area (Å²) in [6, 6.07) is 8.17. The lowest BCUT2D eigenvalue weighted by Crippen LogP contribution is -2.14. The second-order valence-corrected chi connectivity index (χ2v) is 5.81. The van der Waals surface area contributed by atoms with Crippen molar-refractivity contribution in [1.29, 1.82) is 0 Å². The van der Waals surface area contributed by atoms with Gasteiger partial charge in [-0.15, -0.1) is 0 Å². The number of hydrogen-bond donors (Lipinski definition) is 2. The Morgan fingerprint density at radius 3 is 2.35 bits per heavy atom. The van der Waals surface area contributed by atoms with Crippen LogP contribution in [0.4, 0.5) is 11.6 Å². The second-order valence-electron chi connectivity index (χ2n) is 4.13. The van der Waals surface area contributed by atoms with Crippen molar-refractivity contribution in [3.05, 3.63) is 42.7 Å². The second kappa shape index (κ2) is 6.33. The predicted octanol–water partition coefficient (Wildman–Crippen LogP) is 2.10. The summed E-state index contributed by atoms with van der Waals surface area (Å²) in [6.07, 6.45) is 3.96. The Hall–Kier alpha value is -2.15. The average molecular weight is 292 g/mol. The molecular formula is C13H16N4O2S. The van der Waals surface area contributed by atoms with Gasteiger partial charge in [0.1, 0.15) is 0 Å². The lowest BCUT2D eigenvalue weighted by atomic mass is 10.3. The van der Waals surface area contributed by atoms with Gasteiger partial charge >= 0.3 is 0 Å². The molecule has 6 nitrogen and oxygen atoms in total. The molecule has 0 aliphatic heterocycles. The van der Waals surface area contributed by atoms with Gasteiger partial charge < -0.3 is 5.32 Å². The first-order chi connectivity index (χ1) is 9.62. The smallest absolute Gasteiger partial charge is 0.264 e. The number of rotatable bonds is 6. The van der Waals surface area contributed by atoms with E-state index < -0.39 is 10.0 Å².